The maximum atomic E-state index is 12.5. The topological polar surface area (TPSA) is 53.6 Å². The Kier molecular flexibility index (Phi) is 8.03. The molecule has 0 spiro atoms. The highest BCUT2D eigenvalue weighted by Gasteiger charge is 2.22. The van der Waals surface area contributed by atoms with E-state index in [1.807, 2.05) is 43.3 Å². The molecule has 2 heterocycles. The summed E-state index contributed by atoms with van der Waals surface area (Å²) >= 11 is 7.07. The molecule has 3 rings (SSSR count). The zero-order valence-corrected chi connectivity index (χ0v) is 18.7. The molecule has 0 saturated carbocycles. The Hall–Kier alpha value is -1.96. The largest absolute Gasteiger partial charge is 0.462 e. The van der Waals surface area contributed by atoms with Crippen LogP contribution >= 0.6 is 23.6 Å². The van der Waals surface area contributed by atoms with Crippen LogP contribution in [0.15, 0.2) is 36.4 Å². The molecule has 0 atom stereocenters. The third kappa shape index (κ3) is 6.01. The van der Waals surface area contributed by atoms with Gasteiger partial charge in [0.05, 0.1) is 12.2 Å². The van der Waals surface area contributed by atoms with Crippen molar-refractivity contribution < 1.29 is 9.53 Å². The quantitative estimate of drug-likeness (QED) is 0.487. The summed E-state index contributed by atoms with van der Waals surface area (Å²) in [6.07, 6.45) is 3.34. The van der Waals surface area contributed by atoms with Gasteiger partial charge in [-0.1, -0.05) is 37.3 Å². The van der Waals surface area contributed by atoms with Gasteiger partial charge in [0.15, 0.2) is 5.11 Å². The molecule has 1 aromatic carbocycles. The molecule has 1 fully saturated rings. The lowest BCUT2D eigenvalue weighted by molar-refractivity contribution is 0.0528. The number of hydrogen-bond acceptors (Lipinski definition) is 5. The van der Waals surface area contributed by atoms with E-state index in [0.717, 1.165) is 47.9 Å². The van der Waals surface area contributed by atoms with Crippen molar-refractivity contribution in [1.82, 2.24) is 10.2 Å². The molecule has 0 bridgehead atoms. The highest BCUT2D eigenvalue weighted by atomic mass is 32.1. The van der Waals surface area contributed by atoms with Crippen LogP contribution in [0.4, 0.5) is 5.00 Å². The van der Waals surface area contributed by atoms with Crippen LogP contribution in [0.1, 0.15) is 43.5 Å². The van der Waals surface area contributed by atoms with Crippen LogP contribution in [0.25, 0.3) is 10.4 Å². The number of thiocarbonyl (C=S) groups is 1. The van der Waals surface area contributed by atoms with Crippen LogP contribution in [0.2, 0.25) is 0 Å². The van der Waals surface area contributed by atoms with Gasteiger partial charge in [0.2, 0.25) is 0 Å². The fourth-order valence-electron chi connectivity index (χ4n) is 3.53. The molecule has 7 heteroatoms. The molecule has 156 valence electrons. The number of carbonyl (C=O) groups excluding carboxylic acids is 1. The summed E-state index contributed by atoms with van der Waals surface area (Å²) < 4.78 is 5.24. The van der Waals surface area contributed by atoms with E-state index in [2.05, 4.69) is 22.5 Å². The molecular formula is C22H29N3O2S2. The third-order valence-electron chi connectivity index (χ3n) is 4.98. The van der Waals surface area contributed by atoms with E-state index in [1.165, 1.54) is 17.8 Å². The van der Waals surface area contributed by atoms with Crippen molar-refractivity contribution in [2.75, 3.05) is 31.6 Å². The van der Waals surface area contributed by atoms with Crippen LogP contribution in [-0.4, -0.2) is 48.3 Å². The monoisotopic (exact) mass is 431 g/mol. The Morgan fingerprint density at radius 1 is 1.24 bits per heavy atom. The molecule has 1 aliphatic rings. The van der Waals surface area contributed by atoms with Gasteiger partial charge in [-0.05, 0) is 56.6 Å². The van der Waals surface area contributed by atoms with E-state index in [9.17, 15) is 4.79 Å². The summed E-state index contributed by atoms with van der Waals surface area (Å²) in [6.45, 7) is 7.73. The molecule has 1 aromatic heterocycles. The predicted octanol–water partition coefficient (Wildman–Crippen LogP) is 4.75. The molecule has 0 radical (unpaired) electrons. The van der Waals surface area contributed by atoms with Crippen molar-refractivity contribution in [3.05, 3.63) is 42.0 Å². The zero-order valence-electron chi connectivity index (χ0n) is 17.1. The molecule has 1 aliphatic heterocycles. The fraction of sp³-hybridized carbons (Fsp3) is 0.455. The van der Waals surface area contributed by atoms with Gasteiger partial charge in [-0.2, -0.15) is 0 Å². The number of ether oxygens (including phenoxy) is 1. The number of nitrogens with one attached hydrogen (secondary N) is 2. The van der Waals surface area contributed by atoms with Crippen molar-refractivity contribution in [3.63, 3.8) is 0 Å². The summed E-state index contributed by atoms with van der Waals surface area (Å²) in [5.41, 5.74) is 1.59. The summed E-state index contributed by atoms with van der Waals surface area (Å²) in [4.78, 5) is 16.0. The first kappa shape index (κ1) is 21.7. The number of benzene rings is 1. The average Bonchev–Trinajstić information content (AvgIpc) is 3.14. The minimum absolute atomic E-state index is 0.330. The van der Waals surface area contributed by atoms with E-state index >= 15 is 0 Å². The number of anilines is 1. The second-order valence-electron chi connectivity index (χ2n) is 7.15. The minimum atomic E-state index is -0.330. The molecular weight excluding hydrogens is 402 g/mol. The number of thiophene rings is 1. The number of esters is 1. The van der Waals surface area contributed by atoms with Gasteiger partial charge in [-0.25, -0.2) is 4.79 Å². The van der Waals surface area contributed by atoms with Crippen molar-refractivity contribution in [2.24, 2.45) is 0 Å². The Labute approximate surface area is 182 Å². The van der Waals surface area contributed by atoms with E-state index in [-0.39, 0.29) is 5.97 Å². The van der Waals surface area contributed by atoms with E-state index in [1.54, 1.807) is 0 Å². The van der Waals surface area contributed by atoms with Gasteiger partial charge >= 0.3 is 5.97 Å². The summed E-state index contributed by atoms with van der Waals surface area (Å²) in [7, 11) is 0. The van der Waals surface area contributed by atoms with Crippen LogP contribution in [0, 0.1) is 0 Å². The standard InChI is InChI=1S/C22H29N3O2S2/c1-3-12-25-13-10-17(11-14-25)23-22(28)24-20-18(21(26)27-4-2)15-19(29-20)16-8-6-5-7-9-16/h5-9,15,17H,3-4,10-14H2,1-2H3,(H2,23,24,28). The second-order valence-corrected chi connectivity index (χ2v) is 8.61. The average molecular weight is 432 g/mol. The highest BCUT2D eigenvalue weighted by Crippen LogP contribution is 2.36. The number of likely N-dealkylation sites (tertiary alicyclic amines) is 1. The molecule has 5 nitrogen and oxygen atoms in total. The Balaban J connectivity index is 1.68. The van der Waals surface area contributed by atoms with Crippen LogP contribution < -0.4 is 10.6 Å². The lowest BCUT2D eigenvalue weighted by atomic mass is 10.1. The van der Waals surface area contributed by atoms with Gasteiger partial charge in [-0.3, -0.25) is 0 Å². The van der Waals surface area contributed by atoms with E-state index in [0.29, 0.717) is 23.3 Å². The summed E-state index contributed by atoms with van der Waals surface area (Å²) in [5.74, 6) is -0.330. The lowest BCUT2D eigenvalue weighted by Crippen LogP contribution is -2.46. The maximum absolute atomic E-state index is 12.5. The minimum Gasteiger partial charge on any atom is -0.462 e. The van der Waals surface area contributed by atoms with Crippen LogP contribution in [0.5, 0.6) is 0 Å². The van der Waals surface area contributed by atoms with E-state index < -0.39 is 0 Å². The first-order valence-electron chi connectivity index (χ1n) is 10.3. The lowest BCUT2D eigenvalue weighted by Gasteiger charge is -2.32. The number of rotatable bonds is 7. The maximum Gasteiger partial charge on any atom is 0.341 e. The van der Waals surface area contributed by atoms with Gasteiger partial charge < -0.3 is 20.3 Å². The van der Waals surface area contributed by atoms with Crippen molar-refractivity contribution in [2.45, 2.75) is 39.2 Å². The molecule has 0 amide bonds. The smallest absolute Gasteiger partial charge is 0.341 e. The van der Waals surface area contributed by atoms with Crippen molar-refractivity contribution in [3.8, 4) is 10.4 Å². The Morgan fingerprint density at radius 3 is 2.62 bits per heavy atom. The third-order valence-corrected chi connectivity index (χ3v) is 6.29. The highest BCUT2D eigenvalue weighted by molar-refractivity contribution is 7.80. The number of carbonyl (C=O) groups is 1. The molecule has 2 N–H and O–H groups in total. The zero-order chi connectivity index (χ0) is 20.6. The Morgan fingerprint density at radius 2 is 1.97 bits per heavy atom. The van der Waals surface area contributed by atoms with E-state index in [4.69, 9.17) is 17.0 Å². The summed E-state index contributed by atoms with van der Waals surface area (Å²) in [6, 6.07) is 12.3. The SMILES string of the molecule is CCCN1CCC(NC(=S)Nc2sc(-c3ccccc3)cc2C(=O)OCC)CC1. The second kappa shape index (κ2) is 10.7. The number of hydrogen-bond donors (Lipinski definition) is 2. The van der Waals surface area contributed by atoms with Crippen LogP contribution in [-0.2, 0) is 4.74 Å². The molecule has 2 aromatic rings. The molecule has 0 unspecified atom stereocenters. The van der Waals surface area contributed by atoms with Gasteiger partial charge in [-0.15, -0.1) is 11.3 Å². The van der Waals surface area contributed by atoms with Gasteiger partial charge in [0, 0.05) is 24.0 Å². The predicted molar refractivity (Wildman–Crippen MR) is 125 cm³/mol. The molecule has 29 heavy (non-hydrogen) atoms. The van der Waals surface area contributed by atoms with Gasteiger partial charge in [0.1, 0.15) is 5.00 Å². The van der Waals surface area contributed by atoms with Gasteiger partial charge in [0.25, 0.3) is 0 Å². The molecule has 1 saturated heterocycles. The van der Waals surface area contributed by atoms with Crippen molar-refractivity contribution in [1.29, 1.82) is 0 Å². The normalized spacial score (nSPS) is 15.1. The Bertz CT molecular complexity index is 815. The first-order chi connectivity index (χ1) is 14.1. The molecule has 0 aliphatic carbocycles. The summed E-state index contributed by atoms with van der Waals surface area (Å²) in [5, 5.41) is 7.96. The first-order valence-corrected chi connectivity index (χ1v) is 11.5. The van der Waals surface area contributed by atoms with Crippen LogP contribution in [0.3, 0.4) is 0 Å². The van der Waals surface area contributed by atoms with Crippen molar-refractivity contribution >= 4 is 39.6 Å². The number of nitrogens with zero attached hydrogens (tertiary/aromatic N) is 1. The number of piperidine rings is 1. The fourth-order valence-corrected chi connectivity index (χ4v) is 4.92.